The van der Waals surface area contributed by atoms with Crippen molar-refractivity contribution in [1.82, 2.24) is 5.32 Å². The minimum atomic E-state index is -1.10. The van der Waals surface area contributed by atoms with Crippen molar-refractivity contribution in [3.8, 4) is 23.0 Å². The number of rotatable bonds is 10. The maximum atomic E-state index is 14.3. The molecular formula is C34H33FN2O6. The Bertz CT molecular complexity index is 1610. The number of carbonyl (C=O) groups excluding carboxylic acids is 2. The van der Waals surface area contributed by atoms with Gasteiger partial charge < -0.3 is 24.3 Å². The lowest BCUT2D eigenvalue weighted by Crippen LogP contribution is -2.44. The second-order valence-corrected chi connectivity index (χ2v) is 10.0. The van der Waals surface area contributed by atoms with Crippen molar-refractivity contribution in [2.45, 2.75) is 19.4 Å². The van der Waals surface area contributed by atoms with Gasteiger partial charge in [0.15, 0.2) is 23.0 Å². The third kappa shape index (κ3) is 6.56. The minimum absolute atomic E-state index is 0.284. The normalized spacial score (nSPS) is 12.7. The molecule has 0 unspecified atom stereocenters. The molecule has 0 fully saturated rings. The Balaban J connectivity index is 1.50. The van der Waals surface area contributed by atoms with Crippen LogP contribution in [0.3, 0.4) is 0 Å². The third-order valence-electron chi connectivity index (χ3n) is 7.24. The van der Waals surface area contributed by atoms with Gasteiger partial charge in [0.05, 0.1) is 14.2 Å². The number of hydrogen-bond donors (Lipinski definition) is 1. The Hall–Kier alpha value is -5.05. The monoisotopic (exact) mass is 584 g/mol. The Labute approximate surface area is 249 Å². The van der Waals surface area contributed by atoms with Crippen LogP contribution in [0.2, 0.25) is 0 Å². The smallest absolute Gasteiger partial charge is 0.259 e. The molecule has 43 heavy (non-hydrogen) atoms. The zero-order valence-electron chi connectivity index (χ0n) is 24.3. The number of benzene rings is 4. The summed E-state index contributed by atoms with van der Waals surface area (Å²) in [5.41, 5.74) is 3.04. The number of nitrogens with one attached hydrogen (secondary N) is 1. The van der Waals surface area contributed by atoms with Gasteiger partial charge in [0.2, 0.25) is 5.91 Å². The standard InChI is InChI=1S/C34H33FN2O6/c1-22-6-4-5-7-27(22)37(34(39)25-11-15-29-31(21-25)43-19-18-42-29)32(24-9-12-26(35)13-10-24)33(38)36-17-16-23-8-14-28(40-2)30(20-23)41-3/h4-15,20-21,32H,16-19H2,1-3H3,(H,36,38)/t32-/m1/s1. The fourth-order valence-electron chi connectivity index (χ4n) is 5.04. The molecule has 4 aromatic rings. The quantitative estimate of drug-likeness (QED) is 0.259. The molecule has 222 valence electrons. The number of halogens is 1. The van der Waals surface area contributed by atoms with Crippen LogP contribution >= 0.6 is 0 Å². The van der Waals surface area contributed by atoms with Gasteiger partial charge in [-0.15, -0.1) is 0 Å². The Morgan fingerprint density at radius 1 is 0.884 bits per heavy atom. The van der Waals surface area contributed by atoms with Crippen LogP contribution in [0.15, 0.2) is 84.9 Å². The van der Waals surface area contributed by atoms with E-state index in [0.717, 1.165) is 11.1 Å². The van der Waals surface area contributed by atoms with Crippen LogP contribution in [0, 0.1) is 12.7 Å². The zero-order valence-corrected chi connectivity index (χ0v) is 24.3. The molecule has 0 spiro atoms. The highest BCUT2D eigenvalue weighted by Gasteiger charge is 2.34. The van der Waals surface area contributed by atoms with Crippen molar-refractivity contribution >= 4 is 17.5 Å². The molecule has 1 atom stereocenters. The van der Waals surface area contributed by atoms with Crippen molar-refractivity contribution in [3.63, 3.8) is 0 Å². The average molecular weight is 585 g/mol. The molecule has 5 rings (SSSR count). The highest BCUT2D eigenvalue weighted by Crippen LogP contribution is 2.35. The number of para-hydroxylation sites is 1. The molecule has 4 aromatic carbocycles. The molecule has 0 aliphatic carbocycles. The number of fused-ring (bicyclic) bond motifs is 1. The van der Waals surface area contributed by atoms with E-state index in [4.69, 9.17) is 18.9 Å². The summed E-state index contributed by atoms with van der Waals surface area (Å²) >= 11 is 0. The first-order valence-corrected chi connectivity index (χ1v) is 13.9. The number of nitrogens with zero attached hydrogens (tertiary/aromatic N) is 1. The summed E-state index contributed by atoms with van der Waals surface area (Å²) in [7, 11) is 3.13. The van der Waals surface area contributed by atoms with Crippen molar-refractivity contribution in [1.29, 1.82) is 0 Å². The number of amides is 2. The lowest BCUT2D eigenvalue weighted by molar-refractivity contribution is -0.122. The lowest BCUT2D eigenvalue weighted by Gasteiger charge is -2.33. The fourth-order valence-corrected chi connectivity index (χ4v) is 5.04. The summed E-state index contributed by atoms with van der Waals surface area (Å²) in [6, 6.07) is 22.4. The van der Waals surface area contributed by atoms with E-state index in [9.17, 15) is 14.0 Å². The third-order valence-corrected chi connectivity index (χ3v) is 7.24. The van der Waals surface area contributed by atoms with E-state index in [1.807, 2.05) is 43.3 Å². The zero-order chi connectivity index (χ0) is 30.3. The predicted octanol–water partition coefficient (Wildman–Crippen LogP) is 5.67. The Morgan fingerprint density at radius 3 is 2.33 bits per heavy atom. The summed E-state index contributed by atoms with van der Waals surface area (Å²) in [5, 5.41) is 2.99. The van der Waals surface area contributed by atoms with Crippen LogP contribution in [-0.4, -0.2) is 45.8 Å². The highest BCUT2D eigenvalue weighted by molar-refractivity contribution is 6.10. The molecule has 0 aromatic heterocycles. The van der Waals surface area contributed by atoms with E-state index in [-0.39, 0.29) is 6.54 Å². The van der Waals surface area contributed by atoms with Gasteiger partial charge in [0.25, 0.3) is 5.91 Å². The molecule has 0 saturated heterocycles. The van der Waals surface area contributed by atoms with E-state index in [1.165, 1.54) is 29.2 Å². The second kappa shape index (κ2) is 13.3. The molecule has 8 nitrogen and oxygen atoms in total. The van der Waals surface area contributed by atoms with Crippen molar-refractivity contribution < 1.29 is 32.9 Å². The molecule has 0 bridgehead atoms. The molecule has 9 heteroatoms. The van der Waals surface area contributed by atoms with Gasteiger partial charge in [0.1, 0.15) is 25.1 Å². The number of aryl methyl sites for hydroxylation is 1. The van der Waals surface area contributed by atoms with Crippen LogP contribution in [0.1, 0.15) is 33.1 Å². The highest BCUT2D eigenvalue weighted by atomic mass is 19.1. The summed E-state index contributed by atoms with van der Waals surface area (Å²) in [6.45, 7) is 2.94. The summed E-state index contributed by atoms with van der Waals surface area (Å²) < 4.78 is 36.1. The Morgan fingerprint density at radius 2 is 1.60 bits per heavy atom. The largest absolute Gasteiger partial charge is 0.493 e. The van der Waals surface area contributed by atoms with Crippen LogP contribution in [0.5, 0.6) is 23.0 Å². The van der Waals surface area contributed by atoms with E-state index in [2.05, 4.69) is 5.32 Å². The van der Waals surface area contributed by atoms with Gasteiger partial charge in [-0.05, 0) is 78.6 Å². The van der Waals surface area contributed by atoms with Gasteiger partial charge >= 0.3 is 0 Å². The van der Waals surface area contributed by atoms with Crippen LogP contribution in [0.25, 0.3) is 0 Å². The van der Waals surface area contributed by atoms with E-state index in [0.29, 0.717) is 59.4 Å². The number of anilines is 1. The van der Waals surface area contributed by atoms with Crippen molar-refractivity contribution in [3.05, 3.63) is 113 Å². The Kier molecular flexibility index (Phi) is 9.10. The first-order valence-electron chi connectivity index (χ1n) is 13.9. The van der Waals surface area contributed by atoms with Crippen LogP contribution in [-0.2, 0) is 11.2 Å². The molecular weight excluding hydrogens is 551 g/mol. The lowest BCUT2D eigenvalue weighted by atomic mass is 10.00. The summed E-state index contributed by atoms with van der Waals surface area (Å²) in [4.78, 5) is 29.9. The SMILES string of the molecule is COc1ccc(CCNC(=O)[C@@H](c2ccc(F)cc2)N(C(=O)c2ccc3c(c2)OCCO3)c2ccccc2C)cc1OC. The average Bonchev–Trinajstić information content (AvgIpc) is 3.04. The van der Waals surface area contributed by atoms with Gasteiger partial charge in [-0.2, -0.15) is 0 Å². The maximum Gasteiger partial charge on any atom is 0.259 e. The molecule has 2 amide bonds. The second-order valence-electron chi connectivity index (χ2n) is 10.0. The molecule has 1 aliphatic rings. The van der Waals surface area contributed by atoms with Gasteiger partial charge in [-0.3, -0.25) is 14.5 Å². The van der Waals surface area contributed by atoms with E-state index >= 15 is 0 Å². The van der Waals surface area contributed by atoms with Crippen molar-refractivity contribution in [2.75, 3.05) is 38.9 Å². The van der Waals surface area contributed by atoms with Crippen LogP contribution < -0.4 is 29.2 Å². The first kappa shape index (κ1) is 29.4. The van der Waals surface area contributed by atoms with Gasteiger partial charge in [0, 0.05) is 17.8 Å². The van der Waals surface area contributed by atoms with E-state index in [1.54, 1.807) is 38.5 Å². The molecule has 0 radical (unpaired) electrons. The molecule has 0 saturated carbocycles. The summed E-state index contributed by atoms with van der Waals surface area (Å²) in [6.07, 6.45) is 0.503. The van der Waals surface area contributed by atoms with Crippen molar-refractivity contribution in [2.24, 2.45) is 0 Å². The predicted molar refractivity (Wildman–Crippen MR) is 161 cm³/mol. The van der Waals surface area contributed by atoms with Gasteiger partial charge in [-0.1, -0.05) is 36.4 Å². The fraction of sp³-hybridized carbons (Fsp3) is 0.235. The maximum absolute atomic E-state index is 14.3. The number of ether oxygens (including phenoxy) is 4. The first-order chi connectivity index (χ1) is 20.9. The topological polar surface area (TPSA) is 86.3 Å². The number of methoxy groups -OCH3 is 2. The molecule has 1 aliphatic heterocycles. The minimum Gasteiger partial charge on any atom is -0.493 e. The molecule has 1 heterocycles. The molecule has 1 N–H and O–H groups in total. The van der Waals surface area contributed by atoms with Crippen LogP contribution in [0.4, 0.5) is 10.1 Å². The number of hydrogen-bond acceptors (Lipinski definition) is 6. The number of carbonyl (C=O) groups is 2. The van der Waals surface area contributed by atoms with Gasteiger partial charge in [-0.25, -0.2) is 4.39 Å². The van der Waals surface area contributed by atoms with E-state index < -0.39 is 23.7 Å². The summed E-state index contributed by atoms with van der Waals surface area (Å²) in [5.74, 6) is 0.922.